The Morgan fingerprint density at radius 1 is 1.21 bits per heavy atom. The smallest absolute Gasteiger partial charge is 0.224 e. The topological polar surface area (TPSA) is 54.9 Å². The molecule has 2 heterocycles. The Morgan fingerprint density at radius 2 is 2.08 bits per heavy atom. The van der Waals surface area contributed by atoms with Gasteiger partial charge in [0.05, 0.1) is 12.2 Å². The van der Waals surface area contributed by atoms with E-state index in [1.54, 1.807) is 17.5 Å². The minimum atomic E-state index is 0.0720. The zero-order valence-corrected chi connectivity index (χ0v) is 13.9. The van der Waals surface area contributed by atoms with Gasteiger partial charge in [-0.1, -0.05) is 36.4 Å². The average molecular weight is 335 g/mol. The molecule has 1 saturated carbocycles. The Bertz CT molecular complexity index is 832. The normalized spacial score (nSPS) is 19.0. The van der Waals surface area contributed by atoms with Gasteiger partial charge < -0.3 is 5.32 Å². The zero-order chi connectivity index (χ0) is 16.4. The number of carbonyl (C=O) groups excluding carboxylic acids is 1. The molecule has 1 aromatic carbocycles. The van der Waals surface area contributed by atoms with Gasteiger partial charge in [0, 0.05) is 29.3 Å². The van der Waals surface area contributed by atoms with Gasteiger partial charge in [0.25, 0.3) is 0 Å². The number of nitrogens with zero attached hydrogens (tertiary/aromatic N) is 2. The van der Waals surface area contributed by atoms with Gasteiger partial charge >= 0.3 is 0 Å². The van der Waals surface area contributed by atoms with Crippen LogP contribution in [0.15, 0.2) is 60.2 Å². The van der Waals surface area contributed by atoms with Crippen molar-refractivity contribution in [2.24, 2.45) is 5.92 Å². The number of amides is 1. The minimum absolute atomic E-state index is 0.0720. The van der Waals surface area contributed by atoms with Crippen molar-refractivity contribution in [3.05, 3.63) is 70.8 Å². The molecule has 4 rings (SSSR count). The number of thiazole rings is 1. The zero-order valence-electron chi connectivity index (χ0n) is 13.1. The first-order chi connectivity index (χ1) is 11.8. The summed E-state index contributed by atoms with van der Waals surface area (Å²) in [6, 6.07) is 14.0. The lowest BCUT2D eigenvalue weighted by atomic mass is 10.1. The standard InChI is InChI=1S/C19H17N3OS/c23-19(16-9-15(16)14-7-4-8-20-10-14)21-11-18-22-17(12-24-18)13-5-2-1-3-6-13/h1-8,10,12,15-16H,9,11H2,(H,21,23)/t15-,16+/m0/s1. The molecule has 0 radical (unpaired) electrons. The van der Waals surface area contributed by atoms with Crippen molar-refractivity contribution in [1.29, 1.82) is 0 Å². The summed E-state index contributed by atoms with van der Waals surface area (Å²) in [5.74, 6) is 0.498. The molecule has 5 heteroatoms. The predicted octanol–water partition coefficient (Wildman–Crippen LogP) is 3.63. The molecule has 2 atom stereocenters. The fourth-order valence-corrected chi connectivity index (χ4v) is 3.62. The van der Waals surface area contributed by atoms with E-state index in [0.29, 0.717) is 12.5 Å². The first kappa shape index (κ1) is 15.0. The molecule has 3 aromatic rings. The van der Waals surface area contributed by atoms with Crippen molar-refractivity contribution < 1.29 is 4.79 Å². The molecule has 1 N–H and O–H groups in total. The Hall–Kier alpha value is -2.53. The second-order valence-corrected chi connectivity index (χ2v) is 6.89. The van der Waals surface area contributed by atoms with Gasteiger partial charge in [-0.25, -0.2) is 4.98 Å². The molecule has 120 valence electrons. The number of pyridine rings is 1. The summed E-state index contributed by atoms with van der Waals surface area (Å²) in [7, 11) is 0. The van der Waals surface area contributed by atoms with E-state index >= 15 is 0 Å². The number of aromatic nitrogens is 2. The third-order valence-electron chi connectivity index (χ3n) is 4.27. The van der Waals surface area contributed by atoms with Crippen LogP contribution in [0, 0.1) is 5.92 Å². The molecule has 1 aliphatic rings. The van der Waals surface area contributed by atoms with E-state index in [1.807, 2.05) is 54.0 Å². The lowest BCUT2D eigenvalue weighted by Crippen LogP contribution is -2.24. The Balaban J connectivity index is 1.33. The Kier molecular flexibility index (Phi) is 4.09. The first-order valence-corrected chi connectivity index (χ1v) is 8.86. The summed E-state index contributed by atoms with van der Waals surface area (Å²) in [4.78, 5) is 21.0. The van der Waals surface area contributed by atoms with Gasteiger partial charge in [0.15, 0.2) is 0 Å². The number of benzene rings is 1. The van der Waals surface area contributed by atoms with E-state index in [1.165, 1.54) is 0 Å². The van der Waals surface area contributed by atoms with Crippen molar-refractivity contribution in [3.63, 3.8) is 0 Å². The second kappa shape index (κ2) is 6.53. The lowest BCUT2D eigenvalue weighted by Gasteiger charge is -2.03. The molecule has 0 bridgehead atoms. The van der Waals surface area contributed by atoms with Crippen LogP contribution in [0.3, 0.4) is 0 Å². The quantitative estimate of drug-likeness (QED) is 0.775. The molecule has 0 unspecified atom stereocenters. The van der Waals surface area contributed by atoms with Crippen molar-refractivity contribution in [3.8, 4) is 11.3 Å². The summed E-state index contributed by atoms with van der Waals surface area (Å²) in [6.45, 7) is 0.493. The summed E-state index contributed by atoms with van der Waals surface area (Å²) in [6.07, 6.45) is 4.52. The lowest BCUT2D eigenvalue weighted by molar-refractivity contribution is -0.122. The molecule has 1 aliphatic carbocycles. The molecular weight excluding hydrogens is 318 g/mol. The number of rotatable bonds is 5. The van der Waals surface area contributed by atoms with E-state index in [4.69, 9.17) is 0 Å². The molecule has 0 spiro atoms. The van der Waals surface area contributed by atoms with Gasteiger partial charge in [-0.2, -0.15) is 0 Å². The van der Waals surface area contributed by atoms with Gasteiger partial charge in [-0.3, -0.25) is 9.78 Å². The second-order valence-electron chi connectivity index (χ2n) is 5.95. The van der Waals surface area contributed by atoms with E-state index in [-0.39, 0.29) is 11.8 Å². The third-order valence-corrected chi connectivity index (χ3v) is 5.12. The summed E-state index contributed by atoms with van der Waals surface area (Å²) >= 11 is 1.58. The molecular formula is C19H17N3OS. The van der Waals surface area contributed by atoms with Crippen molar-refractivity contribution in [2.75, 3.05) is 0 Å². The molecule has 2 aromatic heterocycles. The summed E-state index contributed by atoms with van der Waals surface area (Å²) < 4.78 is 0. The largest absolute Gasteiger partial charge is 0.349 e. The van der Waals surface area contributed by atoms with E-state index in [2.05, 4.69) is 15.3 Å². The van der Waals surface area contributed by atoms with E-state index in [9.17, 15) is 4.79 Å². The summed E-state index contributed by atoms with van der Waals surface area (Å²) in [5, 5.41) is 5.98. The number of nitrogens with one attached hydrogen (secondary N) is 1. The molecule has 1 fully saturated rings. The average Bonchev–Trinajstić information content (AvgIpc) is 3.31. The van der Waals surface area contributed by atoms with Crippen molar-refractivity contribution >= 4 is 17.2 Å². The highest BCUT2D eigenvalue weighted by Crippen LogP contribution is 2.47. The number of hydrogen-bond acceptors (Lipinski definition) is 4. The van der Waals surface area contributed by atoms with Gasteiger partial charge in [0.1, 0.15) is 5.01 Å². The van der Waals surface area contributed by atoms with Crippen LogP contribution >= 0.6 is 11.3 Å². The van der Waals surface area contributed by atoms with Gasteiger partial charge in [-0.15, -0.1) is 11.3 Å². The first-order valence-electron chi connectivity index (χ1n) is 7.99. The minimum Gasteiger partial charge on any atom is -0.349 e. The van der Waals surface area contributed by atoms with Crippen LogP contribution in [-0.4, -0.2) is 15.9 Å². The van der Waals surface area contributed by atoms with Crippen LogP contribution in [0.25, 0.3) is 11.3 Å². The van der Waals surface area contributed by atoms with Crippen LogP contribution in [0.4, 0.5) is 0 Å². The van der Waals surface area contributed by atoms with Crippen LogP contribution in [0.5, 0.6) is 0 Å². The third kappa shape index (κ3) is 3.21. The molecule has 0 aliphatic heterocycles. The highest BCUT2D eigenvalue weighted by atomic mass is 32.1. The number of hydrogen-bond donors (Lipinski definition) is 1. The SMILES string of the molecule is O=C(NCc1nc(-c2ccccc2)cs1)[C@@H]1C[C@H]1c1cccnc1. The highest BCUT2D eigenvalue weighted by Gasteiger charge is 2.43. The fourth-order valence-electron chi connectivity index (χ4n) is 2.88. The predicted molar refractivity (Wildman–Crippen MR) is 94.5 cm³/mol. The fraction of sp³-hybridized carbons (Fsp3) is 0.211. The molecule has 1 amide bonds. The van der Waals surface area contributed by atoms with Crippen LogP contribution in [-0.2, 0) is 11.3 Å². The molecule has 4 nitrogen and oxygen atoms in total. The van der Waals surface area contributed by atoms with E-state index < -0.39 is 0 Å². The highest BCUT2D eigenvalue weighted by molar-refractivity contribution is 7.09. The van der Waals surface area contributed by atoms with Crippen LogP contribution in [0.1, 0.15) is 22.9 Å². The van der Waals surface area contributed by atoms with E-state index in [0.717, 1.165) is 28.2 Å². The van der Waals surface area contributed by atoms with Crippen LogP contribution < -0.4 is 5.32 Å². The molecule has 24 heavy (non-hydrogen) atoms. The van der Waals surface area contributed by atoms with Crippen molar-refractivity contribution in [1.82, 2.24) is 15.3 Å². The maximum Gasteiger partial charge on any atom is 0.224 e. The van der Waals surface area contributed by atoms with Crippen molar-refractivity contribution in [2.45, 2.75) is 18.9 Å². The van der Waals surface area contributed by atoms with Gasteiger partial charge in [0.2, 0.25) is 5.91 Å². The van der Waals surface area contributed by atoms with Crippen LogP contribution in [0.2, 0.25) is 0 Å². The summed E-state index contributed by atoms with van der Waals surface area (Å²) in [5.41, 5.74) is 3.22. The molecule has 0 saturated heterocycles. The Morgan fingerprint density at radius 3 is 2.88 bits per heavy atom. The Labute approximate surface area is 144 Å². The monoisotopic (exact) mass is 335 g/mol. The number of carbonyl (C=O) groups is 1. The maximum atomic E-state index is 12.3. The van der Waals surface area contributed by atoms with Gasteiger partial charge in [-0.05, 0) is 24.0 Å². The maximum absolute atomic E-state index is 12.3.